The van der Waals surface area contributed by atoms with Crippen LogP contribution < -0.4 is 10.6 Å². The van der Waals surface area contributed by atoms with Crippen molar-refractivity contribution in [3.05, 3.63) is 70.0 Å². The number of anilines is 1. The van der Waals surface area contributed by atoms with Crippen molar-refractivity contribution in [2.24, 2.45) is 0 Å². The standard InChI is InChI=1S/C20H17N3O2S/c24-18(8-13-4-2-1-3-5-13)21-11-20-23-17(12-26-20)14-6-7-16-15(9-14)10-19(25)22-16/h1-7,9,12H,8,10-11H2,(H,21,24)(H,22,25). The lowest BCUT2D eigenvalue weighted by atomic mass is 10.1. The fourth-order valence-corrected chi connectivity index (χ4v) is 3.67. The Bertz CT molecular complexity index is 966. The van der Waals surface area contributed by atoms with Crippen LogP contribution in [-0.2, 0) is 29.0 Å². The fraction of sp³-hybridized carbons (Fsp3) is 0.150. The summed E-state index contributed by atoms with van der Waals surface area (Å²) >= 11 is 1.52. The molecular weight excluding hydrogens is 346 g/mol. The third-order valence-electron chi connectivity index (χ3n) is 4.22. The SMILES string of the molecule is O=C(Cc1ccccc1)NCc1nc(-c2ccc3c(c2)CC(=O)N3)cs1. The Morgan fingerprint density at radius 3 is 2.88 bits per heavy atom. The lowest BCUT2D eigenvalue weighted by Crippen LogP contribution is -2.24. The molecule has 3 aromatic rings. The molecule has 0 saturated heterocycles. The van der Waals surface area contributed by atoms with Gasteiger partial charge in [0.1, 0.15) is 5.01 Å². The van der Waals surface area contributed by atoms with Gasteiger partial charge in [-0.3, -0.25) is 9.59 Å². The van der Waals surface area contributed by atoms with Crippen LogP contribution in [0.2, 0.25) is 0 Å². The number of carbonyl (C=O) groups is 2. The second-order valence-electron chi connectivity index (χ2n) is 6.16. The average molecular weight is 363 g/mol. The quantitative estimate of drug-likeness (QED) is 0.731. The predicted octanol–water partition coefficient (Wildman–Crippen LogP) is 3.16. The molecule has 0 atom stereocenters. The molecule has 2 N–H and O–H groups in total. The highest BCUT2D eigenvalue weighted by molar-refractivity contribution is 7.09. The van der Waals surface area contributed by atoms with Crippen molar-refractivity contribution in [1.29, 1.82) is 0 Å². The maximum Gasteiger partial charge on any atom is 0.228 e. The molecule has 0 saturated carbocycles. The molecule has 4 rings (SSSR count). The normalized spacial score (nSPS) is 12.5. The number of benzene rings is 2. The Kier molecular flexibility index (Phi) is 4.50. The van der Waals surface area contributed by atoms with Crippen LogP contribution in [0.15, 0.2) is 53.9 Å². The van der Waals surface area contributed by atoms with E-state index in [2.05, 4.69) is 15.6 Å². The minimum absolute atomic E-state index is 0.0185. The molecule has 0 spiro atoms. The van der Waals surface area contributed by atoms with E-state index in [1.165, 1.54) is 11.3 Å². The summed E-state index contributed by atoms with van der Waals surface area (Å²) in [7, 11) is 0. The largest absolute Gasteiger partial charge is 0.349 e. The number of nitrogens with one attached hydrogen (secondary N) is 2. The second kappa shape index (κ2) is 7.09. The van der Waals surface area contributed by atoms with Gasteiger partial charge in [-0.1, -0.05) is 36.4 Å². The van der Waals surface area contributed by atoms with Crippen LogP contribution in [0.5, 0.6) is 0 Å². The van der Waals surface area contributed by atoms with E-state index < -0.39 is 0 Å². The summed E-state index contributed by atoms with van der Waals surface area (Å²) in [5, 5.41) is 8.58. The van der Waals surface area contributed by atoms with Crippen molar-refractivity contribution in [3.8, 4) is 11.3 Å². The molecule has 0 aliphatic carbocycles. The van der Waals surface area contributed by atoms with E-state index in [-0.39, 0.29) is 11.8 Å². The Labute approximate surface area is 155 Å². The van der Waals surface area contributed by atoms with Crippen molar-refractivity contribution in [1.82, 2.24) is 10.3 Å². The summed E-state index contributed by atoms with van der Waals surface area (Å²) in [5.41, 5.74) is 4.72. The average Bonchev–Trinajstić information content (AvgIpc) is 3.25. The van der Waals surface area contributed by atoms with E-state index in [1.54, 1.807) is 0 Å². The molecule has 2 amide bonds. The second-order valence-corrected chi connectivity index (χ2v) is 7.11. The highest BCUT2D eigenvalue weighted by atomic mass is 32.1. The molecule has 0 unspecified atom stereocenters. The van der Waals surface area contributed by atoms with Crippen LogP contribution in [0, 0.1) is 0 Å². The van der Waals surface area contributed by atoms with E-state index >= 15 is 0 Å². The predicted molar refractivity (Wildman–Crippen MR) is 102 cm³/mol. The topological polar surface area (TPSA) is 71.1 Å². The summed E-state index contributed by atoms with van der Waals surface area (Å²) in [6.45, 7) is 0.418. The van der Waals surface area contributed by atoms with E-state index in [1.807, 2.05) is 53.9 Å². The summed E-state index contributed by atoms with van der Waals surface area (Å²) < 4.78 is 0. The minimum Gasteiger partial charge on any atom is -0.349 e. The molecule has 26 heavy (non-hydrogen) atoms. The lowest BCUT2D eigenvalue weighted by molar-refractivity contribution is -0.120. The Balaban J connectivity index is 1.38. The van der Waals surface area contributed by atoms with Gasteiger partial charge in [0.15, 0.2) is 0 Å². The van der Waals surface area contributed by atoms with Gasteiger partial charge in [0.05, 0.1) is 25.1 Å². The van der Waals surface area contributed by atoms with Crippen molar-refractivity contribution >= 4 is 28.8 Å². The number of hydrogen-bond donors (Lipinski definition) is 2. The lowest BCUT2D eigenvalue weighted by Gasteiger charge is -2.03. The van der Waals surface area contributed by atoms with E-state index in [0.717, 1.165) is 33.1 Å². The summed E-state index contributed by atoms with van der Waals surface area (Å²) in [6.07, 6.45) is 0.778. The zero-order valence-electron chi connectivity index (χ0n) is 14.0. The van der Waals surface area contributed by atoms with Crippen molar-refractivity contribution in [2.75, 3.05) is 5.32 Å². The monoisotopic (exact) mass is 363 g/mol. The maximum atomic E-state index is 12.0. The molecule has 1 aliphatic rings. The van der Waals surface area contributed by atoms with Crippen LogP contribution in [0.3, 0.4) is 0 Å². The molecule has 1 aliphatic heterocycles. The molecule has 2 aromatic carbocycles. The summed E-state index contributed by atoms with van der Waals surface area (Å²) in [6, 6.07) is 15.5. The Hall–Kier alpha value is -2.99. The Morgan fingerprint density at radius 2 is 2.04 bits per heavy atom. The first kappa shape index (κ1) is 16.5. The number of fused-ring (bicyclic) bond motifs is 1. The molecule has 5 nitrogen and oxygen atoms in total. The van der Waals surface area contributed by atoms with Crippen molar-refractivity contribution in [3.63, 3.8) is 0 Å². The van der Waals surface area contributed by atoms with Gasteiger partial charge >= 0.3 is 0 Å². The number of hydrogen-bond acceptors (Lipinski definition) is 4. The first-order chi connectivity index (χ1) is 12.7. The van der Waals surface area contributed by atoms with Gasteiger partial charge < -0.3 is 10.6 Å². The van der Waals surface area contributed by atoms with Crippen molar-refractivity contribution < 1.29 is 9.59 Å². The molecule has 0 bridgehead atoms. The van der Waals surface area contributed by atoms with Gasteiger partial charge in [-0.05, 0) is 23.3 Å². The number of nitrogens with zero attached hydrogens (tertiary/aromatic N) is 1. The van der Waals surface area contributed by atoms with Crippen LogP contribution in [-0.4, -0.2) is 16.8 Å². The number of amides is 2. The van der Waals surface area contributed by atoms with E-state index in [0.29, 0.717) is 19.4 Å². The third kappa shape index (κ3) is 3.65. The summed E-state index contributed by atoms with van der Waals surface area (Å²) in [4.78, 5) is 28.1. The summed E-state index contributed by atoms with van der Waals surface area (Å²) in [5.74, 6) is 0.00677. The maximum absolute atomic E-state index is 12.0. The highest BCUT2D eigenvalue weighted by Gasteiger charge is 2.18. The third-order valence-corrected chi connectivity index (χ3v) is 5.07. The molecule has 1 aromatic heterocycles. The van der Waals surface area contributed by atoms with Crippen molar-refractivity contribution in [2.45, 2.75) is 19.4 Å². The van der Waals surface area contributed by atoms with Gasteiger partial charge in [0.25, 0.3) is 0 Å². The van der Waals surface area contributed by atoms with Gasteiger partial charge in [-0.25, -0.2) is 4.98 Å². The number of thiazole rings is 1. The number of carbonyl (C=O) groups excluding carboxylic acids is 2. The van der Waals surface area contributed by atoms with Gasteiger partial charge in [-0.2, -0.15) is 0 Å². The highest BCUT2D eigenvalue weighted by Crippen LogP contribution is 2.29. The molecule has 6 heteroatoms. The number of aromatic nitrogens is 1. The molecular formula is C20H17N3O2S. The molecule has 0 fully saturated rings. The van der Waals surface area contributed by atoms with Gasteiger partial charge in [0.2, 0.25) is 11.8 Å². The molecule has 0 radical (unpaired) electrons. The Morgan fingerprint density at radius 1 is 1.19 bits per heavy atom. The zero-order valence-corrected chi connectivity index (χ0v) is 14.8. The smallest absolute Gasteiger partial charge is 0.228 e. The van der Waals surface area contributed by atoms with Crippen LogP contribution in [0.25, 0.3) is 11.3 Å². The van der Waals surface area contributed by atoms with Gasteiger partial charge in [-0.15, -0.1) is 11.3 Å². The first-order valence-electron chi connectivity index (χ1n) is 8.35. The zero-order chi connectivity index (χ0) is 17.9. The fourth-order valence-electron chi connectivity index (χ4n) is 2.93. The molecule has 130 valence electrons. The number of rotatable bonds is 5. The first-order valence-corrected chi connectivity index (χ1v) is 9.23. The van der Waals surface area contributed by atoms with Crippen LogP contribution >= 0.6 is 11.3 Å². The van der Waals surface area contributed by atoms with E-state index in [9.17, 15) is 9.59 Å². The minimum atomic E-state index is -0.0185. The van der Waals surface area contributed by atoms with E-state index in [4.69, 9.17) is 0 Å². The molecule has 2 heterocycles. The van der Waals surface area contributed by atoms with Crippen LogP contribution in [0.1, 0.15) is 16.1 Å². The van der Waals surface area contributed by atoms with Gasteiger partial charge in [0, 0.05) is 16.6 Å². The van der Waals surface area contributed by atoms with Crippen LogP contribution in [0.4, 0.5) is 5.69 Å².